The van der Waals surface area contributed by atoms with E-state index in [9.17, 15) is 9.59 Å². The number of nitrogens with one attached hydrogen (secondary N) is 2. The summed E-state index contributed by atoms with van der Waals surface area (Å²) in [6.45, 7) is 7.04. The topological polar surface area (TPSA) is 99.8 Å². The van der Waals surface area contributed by atoms with Crippen molar-refractivity contribution in [3.63, 3.8) is 0 Å². The van der Waals surface area contributed by atoms with Crippen molar-refractivity contribution < 1.29 is 9.59 Å². The second kappa shape index (κ2) is 9.41. The number of nitrogens with zero attached hydrogens (tertiary/aromatic N) is 2. The molecule has 1 aliphatic heterocycles. The predicted octanol–water partition coefficient (Wildman–Crippen LogP) is 3.31. The van der Waals surface area contributed by atoms with Gasteiger partial charge in [-0.1, -0.05) is 62.4 Å². The minimum atomic E-state index is -0.766. The first kappa shape index (κ1) is 23.1. The molecule has 0 bridgehead atoms. The molecule has 176 valence electrons. The summed E-state index contributed by atoms with van der Waals surface area (Å²) in [6.07, 6.45) is 8.73. The first-order valence-corrected chi connectivity index (χ1v) is 11.9. The van der Waals surface area contributed by atoms with Gasteiger partial charge in [-0.05, 0) is 49.2 Å². The van der Waals surface area contributed by atoms with Crippen LogP contribution < -0.4 is 16.4 Å². The number of hydrogen-bond acceptors (Lipinski definition) is 4. The summed E-state index contributed by atoms with van der Waals surface area (Å²) in [6, 6.07) is 10.4. The van der Waals surface area contributed by atoms with Gasteiger partial charge in [0, 0.05) is 18.5 Å². The Morgan fingerprint density at radius 2 is 2.06 bits per heavy atom. The van der Waals surface area contributed by atoms with Gasteiger partial charge >= 0.3 is 6.03 Å². The van der Waals surface area contributed by atoms with E-state index in [0.29, 0.717) is 37.3 Å². The Morgan fingerprint density at radius 1 is 1.30 bits per heavy atom. The van der Waals surface area contributed by atoms with Crippen LogP contribution in [-0.2, 0) is 4.79 Å². The minimum absolute atomic E-state index is 0.0302. The molecule has 1 aromatic carbocycles. The van der Waals surface area contributed by atoms with Crippen molar-refractivity contribution in [1.82, 2.24) is 15.5 Å². The largest absolute Gasteiger partial charge is 0.369 e. The minimum Gasteiger partial charge on any atom is -0.369 e. The molecule has 4 rings (SSSR count). The first-order chi connectivity index (χ1) is 15.7. The van der Waals surface area contributed by atoms with Crippen LogP contribution in [0.5, 0.6) is 0 Å². The zero-order valence-corrected chi connectivity index (χ0v) is 19.8. The van der Waals surface area contributed by atoms with E-state index in [2.05, 4.69) is 53.8 Å². The van der Waals surface area contributed by atoms with Gasteiger partial charge < -0.3 is 16.4 Å². The van der Waals surface area contributed by atoms with E-state index >= 15 is 0 Å². The zero-order chi connectivity index (χ0) is 23.6. The highest BCUT2D eigenvalue weighted by Gasteiger charge is 2.44. The van der Waals surface area contributed by atoms with Gasteiger partial charge in [-0.15, -0.1) is 0 Å². The fourth-order valence-electron chi connectivity index (χ4n) is 4.86. The Balaban J connectivity index is 1.20. The van der Waals surface area contributed by atoms with Crippen LogP contribution in [-0.4, -0.2) is 47.5 Å². The third-order valence-electron chi connectivity index (χ3n) is 6.61. The lowest BCUT2D eigenvalue weighted by atomic mass is 9.90. The first-order valence-electron chi connectivity index (χ1n) is 11.9. The number of rotatable bonds is 8. The van der Waals surface area contributed by atoms with Crippen LogP contribution in [0.1, 0.15) is 51.5 Å². The Kier molecular flexibility index (Phi) is 6.58. The second-order valence-corrected chi connectivity index (χ2v) is 10.1. The predicted molar refractivity (Wildman–Crippen MR) is 131 cm³/mol. The lowest BCUT2D eigenvalue weighted by molar-refractivity contribution is -0.130. The van der Waals surface area contributed by atoms with E-state index in [1.54, 1.807) is 4.90 Å². The summed E-state index contributed by atoms with van der Waals surface area (Å²) in [7, 11) is 0. The number of carbonyl (C=O) groups excluding carboxylic acids is 2. The molecule has 1 fully saturated rings. The molecule has 1 aromatic rings. The van der Waals surface area contributed by atoms with Gasteiger partial charge in [-0.2, -0.15) is 0 Å². The number of guanidine groups is 1. The monoisotopic (exact) mass is 449 g/mol. The molecular weight excluding hydrogens is 414 g/mol. The maximum atomic E-state index is 12.9. The molecule has 4 N–H and O–H groups in total. The molecule has 3 aliphatic rings. The van der Waals surface area contributed by atoms with Crippen LogP contribution in [0, 0.1) is 11.8 Å². The van der Waals surface area contributed by atoms with Crippen molar-refractivity contribution in [3.05, 3.63) is 59.7 Å². The van der Waals surface area contributed by atoms with Crippen molar-refractivity contribution in [2.24, 2.45) is 22.6 Å². The number of carbonyl (C=O) groups is 2. The number of amides is 3. The van der Waals surface area contributed by atoms with Crippen LogP contribution >= 0.6 is 0 Å². The summed E-state index contributed by atoms with van der Waals surface area (Å²) in [5.74, 6) is 1.28. The number of benzene rings is 1. The molecule has 0 saturated heterocycles. The summed E-state index contributed by atoms with van der Waals surface area (Å²) in [5.41, 5.74) is 7.64. The Morgan fingerprint density at radius 3 is 2.73 bits per heavy atom. The van der Waals surface area contributed by atoms with Crippen LogP contribution in [0.4, 0.5) is 4.79 Å². The van der Waals surface area contributed by atoms with Crippen LogP contribution in [0.2, 0.25) is 0 Å². The maximum absolute atomic E-state index is 12.9. The van der Waals surface area contributed by atoms with E-state index in [-0.39, 0.29) is 23.9 Å². The van der Waals surface area contributed by atoms with Crippen molar-refractivity contribution in [2.75, 3.05) is 13.1 Å². The van der Waals surface area contributed by atoms with Crippen LogP contribution in [0.3, 0.4) is 0 Å². The van der Waals surface area contributed by atoms with Gasteiger partial charge in [0.05, 0.1) is 6.54 Å². The molecule has 33 heavy (non-hydrogen) atoms. The highest BCUT2D eigenvalue weighted by Crippen LogP contribution is 2.40. The van der Waals surface area contributed by atoms with Gasteiger partial charge in [0.1, 0.15) is 5.54 Å². The summed E-state index contributed by atoms with van der Waals surface area (Å²) in [4.78, 5) is 31.3. The Bertz CT molecular complexity index is 984. The molecule has 7 heteroatoms. The highest BCUT2D eigenvalue weighted by molar-refractivity contribution is 6.06. The SMILES string of the molecule is CC(C)CC1(C)N=C(N)N(CC2=CCC(CNC(=O)N[C@@H]3C[C@H]3c3ccccc3)C=C2)C1=O. The van der Waals surface area contributed by atoms with Gasteiger partial charge in [0.15, 0.2) is 5.96 Å². The molecule has 1 saturated carbocycles. The molecule has 4 atom stereocenters. The average Bonchev–Trinajstić information content (AvgIpc) is 3.51. The molecule has 0 aromatic heterocycles. The zero-order valence-electron chi connectivity index (χ0n) is 19.8. The normalized spacial score (nSPS) is 28.5. The molecular formula is C26H35N5O2. The van der Waals surface area contributed by atoms with Crippen molar-refractivity contribution >= 4 is 17.9 Å². The molecule has 7 nitrogen and oxygen atoms in total. The van der Waals surface area contributed by atoms with E-state index in [0.717, 1.165) is 18.4 Å². The number of nitrogens with two attached hydrogens (primary N) is 1. The lowest BCUT2D eigenvalue weighted by Crippen LogP contribution is -2.44. The fourth-order valence-corrected chi connectivity index (χ4v) is 4.86. The molecule has 0 radical (unpaired) electrons. The van der Waals surface area contributed by atoms with Crippen molar-refractivity contribution in [3.8, 4) is 0 Å². The number of urea groups is 1. The van der Waals surface area contributed by atoms with Crippen molar-refractivity contribution in [1.29, 1.82) is 0 Å². The molecule has 1 heterocycles. The molecule has 2 unspecified atom stereocenters. The van der Waals surface area contributed by atoms with Gasteiger partial charge in [-0.25, -0.2) is 9.79 Å². The summed E-state index contributed by atoms with van der Waals surface area (Å²) >= 11 is 0. The standard InChI is InChI=1S/C26H35N5O2/c1-17(2)14-26(3)23(32)31(24(27)30-26)16-19-11-9-18(10-12-19)15-28-25(33)29-22-13-21(22)20-7-5-4-6-8-20/h4-9,11-12,17-18,21-22H,10,13-16H2,1-3H3,(H2,27,30)(H2,28,29,33)/t18?,21-,22+,26?/m0/s1. The number of allylic oxidation sites excluding steroid dienone is 1. The van der Waals surface area contributed by atoms with Gasteiger partial charge in [0.25, 0.3) is 5.91 Å². The number of hydrogen-bond donors (Lipinski definition) is 3. The van der Waals surface area contributed by atoms with Gasteiger partial charge in [0.2, 0.25) is 0 Å². The summed E-state index contributed by atoms with van der Waals surface area (Å²) < 4.78 is 0. The third-order valence-corrected chi connectivity index (χ3v) is 6.61. The fraction of sp³-hybridized carbons (Fsp3) is 0.500. The average molecular weight is 450 g/mol. The molecule has 0 spiro atoms. The lowest BCUT2D eigenvalue weighted by Gasteiger charge is -2.25. The third kappa shape index (κ3) is 5.46. The van der Waals surface area contributed by atoms with Crippen molar-refractivity contribution in [2.45, 2.75) is 57.5 Å². The second-order valence-electron chi connectivity index (χ2n) is 10.1. The van der Waals surface area contributed by atoms with E-state index < -0.39 is 5.54 Å². The smallest absolute Gasteiger partial charge is 0.315 e. The van der Waals surface area contributed by atoms with Gasteiger partial charge in [-0.3, -0.25) is 9.69 Å². The quantitative estimate of drug-likeness (QED) is 0.568. The highest BCUT2D eigenvalue weighted by atomic mass is 16.2. The van der Waals surface area contributed by atoms with E-state index in [1.165, 1.54) is 5.56 Å². The summed E-state index contributed by atoms with van der Waals surface area (Å²) in [5, 5.41) is 6.06. The molecule has 3 amide bonds. The Hall–Kier alpha value is -3.09. The number of aliphatic imine (C=N–C) groups is 1. The Labute approximate surface area is 196 Å². The van der Waals surface area contributed by atoms with Crippen LogP contribution in [0.25, 0.3) is 0 Å². The molecule has 2 aliphatic carbocycles. The van der Waals surface area contributed by atoms with E-state index in [1.807, 2.05) is 31.2 Å². The maximum Gasteiger partial charge on any atom is 0.315 e. The van der Waals surface area contributed by atoms with Crippen LogP contribution in [0.15, 0.2) is 59.1 Å². The van der Waals surface area contributed by atoms with E-state index in [4.69, 9.17) is 5.73 Å².